The summed E-state index contributed by atoms with van der Waals surface area (Å²) in [6.45, 7) is 0.433. The van der Waals surface area contributed by atoms with Gasteiger partial charge in [-0.2, -0.15) is 0 Å². The molecule has 1 N–H and O–H groups in total. The van der Waals surface area contributed by atoms with Gasteiger partial charge in [0.1, 0.15) is 11.5 Å². The first-order valence-corrected chi connectivity index (χ1v) is 9.21. The summed E-state index contributed by atoms with van der Waals surface area (Å²) in [6, 6.07) is 16.8. The molecule has 29 heavy (non-hydrogen) atoms. The molecule has 7 heteroatoms. The third kappa shape index (κ3) is 4.94. The number of amides is 1. The van der Waals surface area contributed by atoms with Crippen LogP contribution in [0.25, 0.3) is 11.3 Å². The minimum absolute atomic E-state index is 0.0119. The van der Waals surface area contributed by atoms with Crippen LogP contribution in [0.4, 0.5) is 0 Å². The van der Waals surface area contributed by atoms with Gasteiger partial charge >= 0.3 is 0 Å². The van der Waals surface area contributed by atoms with Gasteiger partial charge in [0.15, 0.2) is 11.5 Å². The molecule has 3 aromatic rings. The molecule has 0 bridgehead atoms. The molecule has 7 nitrogen and oxygen atoms in total. The van der Waals surface area contributed by atoms with E-state index in [-0.39, 0.29) is 17.6 Å². The second kappa shape index (κ2) is 9.25. The first-order valence-electron chi connectivity index (χ1n) is 9.21. The smallest absolute Gasteiger partial charge is 0.273 e. The van der Waals surface area contributed by atoms with Gasteiger partial charge in [-0.15, -0.1) is 0 Å². The molecule has 0 radical (unpaired) electrons. The lowest BCUT2D eigenvalue weighted by Crippen LogP contribution is -2.34. The predicted molar refractivity (Wildman–Crippen MR) is 110 cm³/mol. The molecule has 0 saturated heterocycles. The highest BCUT2D eigenvalue weighted by Crippen LogP contribution is 2.24. The molecule has 0 fully saturated rings. The molecule has 1 aromatic heterocycles. The van der Waals surface area contributed by atoms with Crippen LogP contribution in [0.1, 0.15) is 22.1 Å². The molecule has 152 valence electrons. The van der Waals surface area contributed by atoms with Crippen LogP contribution >= 0.6 is 0 Å². The Morgan fingerprint density at radius 3 is 2.17 bits per heavy atom. The molecule has 2 aromatic carbocycles. The van der Waals surface area contributed by atoms with E-state index in [9.17, 15) is 4.79 Å². The second-order valence-corrected chi connectivity index (χ2v) is 6.77. The van der Waals surface area contributed by atoms with Crippen LogP contribution in [0, 0.1) is 0 Å². The zero-order valence-electron chi connectivity index (χ0n) is 17.0. The molecule has 0 aliphatic rings. The van der Waals surface area contributed by atoms with Crippen molar-refractivity contribution in [2.24, 2.45) is 0 Å². The third-order valence-electron chi connectivity index (χ3n) is 4.70. The Hall–Kier alpha value is -3.32. The third-order valence-corrected chi connectivity index (χ3v) is 4.70. The Labute approximate surface area is 170 Å². The molecule has 3 rings (SSSR count). The fourth-order valence-electron chi connectivity index (χ4n) is 2.98. The fourth-order valence-corrected chi connectivity index (χ4v) is 2.98. The molecule has 1 amide bonds. The largest absolute Gasteiger partial charge is 0.497 e. The number of aromatic nitrogens is 1. The Morgan fingerprint density at radius 2 is 1.62 bits per heavy atom. The molecule has 0 aliphatic carbocycles. The summed E-state index contributed by atoms with van der Waals surface area (Å²) in [5, 5.41) is 6.84. The Kier molecular flexibility index (Phi) is 6.51. The summed E-state index contributed by atoms with van der Waals surface area (Å²) < 4.78 is 15.7. The number of ether oxygens (including phenoxy) is 2. The number of hydrogen-bond donors (Lipinski definition) is 1. The van der Waals surface area contributed by atoms with E-state index in [1.165, 1.54) is 0 Å². The van der Waals surface area contributed by atoms with Gasteiger partial charge in [0.25, 0.3) is 5.91 Å². The van der Waals surface area contributed by atoms with Gasteiger partial charge in [0, 0.05) is 18.2 Å². The predicted octanol–water partition coefficient (Wildman–Crippen LogP) is 3.39. The standard InChI is InChI=1S/C22H25N3O4/c1-25(2)20(15-5-9-17(27-3)10-6-15)14-23-22(26)19-13-21(29-24-19)16-7-11-18(28-4)12-8-16/h5-13,20H,14H2,1-4H3,(H,23,26)/t20-/m1/s1. The molecular formula is C22H25N3O4. The van der Waals surface area contributed by atoms with Crippen molar-refractivity contribution in [1.82, 2.24) is 15.4 Å². The maximum Gasteiger partial charge on any atom is 0.273 e. The maximum absolute atomic E-state index is 12.6. The number of nitrogens with one attached hydrogen (secondary N) is 1. The number of nitrogens with zero attached hydrogens (tertiary/aromatic N) is 2. The lowest BCUT2D eigenvalue weighted by Gasteiger charge is -2.25. The topological polar surface area (TPSA) is 76.8 Å². The molecule has 1 heterocycles. The van der Waals surface area contributed by atoms with E-state index < -0.39 is 0 Å². The summed E-state index contributed by atoms with van der Waals surface area (Å²) in [4.78, 5) is 14.6. The highest BCUT2D eigenvalue weighted by Gasteiger charge is 2.18. The molecule has 0 unspecified atom stereocenters. The minimum Gasteiger partial charge on any atom is -0.497 e. The molecule has 1 atom stereocenters. The van der Waals surface area contributed by atoms with Crippen molar-refractivity contribution in [2.45, 2.75) is 6.04 Å². The van der Waals surface area contributed by atoms with Gasteiger partial charge in [0.05, 0.1) is 20.3 Å². The van der Waals surface area contributed by atoms with Crippen LogP contribution in [-0.2, 0) is 0 Å². The van der Waals surface area contributed by atoms with E-state index in [0.29, 0.717) is 12.3 Å². The summed E-state index contributed by atoms with van der Waals surface area (Å²) in [7, 11) is 7.19. The quantitative estimate of drug-likeness (QED) is 0.630. The van der Waals surface area contributed by atoms with Gasteiger partial charge in [0.2, 0.25) is 0 Å². The minimum atomic E-state index is -0.283. The van der Waals surface area contributed by atoms with Crippen molar-refractivity contribution in [3.05, 3.63) is 65.9 Å². The Morgan fingerprint density at radius 1 is 1.03 bits per heavy atom. The van der Waals surface area contributed by atoms with Crippen LogP contribution in [0.3, 0.4) is 0 Å². The summed E-state index contributed by atoms with van der Waals surface area (Å²) >= 11 is 0. The van der Waals surface area contributed by atoms with Gasteiger partial charge in [-0.1, -0.05) is 17.3 Å². The van der Waals surface area contributed by atoms with E-state index in [4.69, 9.17) is 14.0 Å². The highest BCUT2D eigenvalue weighted by atomic mass is 16.5. The molecule has 0 spiro atoms. The molecule has 0 aliphatic heterocycles. The van der Waals surface area contributed by atoms with Crippen molar-refractivity contribution in [2.75, 3.05) is 34.9 Å². The summed E-state index contributed by atoms with van der Waals surface area (Å²) in [5.74, 6) is 1.79. The molecular weight excluding hydrogens is 370 g/mol. The second-order valence-electron chi connectivity index (χ2n) is 6.77. The van der Waals surface area contributed by atoms with Crippen LogP contribution in [0.5, 0.6) is 11.5 Å². The first kappa shape index (κ1) is 20.4. The molecule has 0 saturated carbocycles. The number of rotatable bonds is 8. The number of carbonyl (C=O) groups excluding carboxylic acids is 1. The van der Waals surface area contributed by atoms with Gasteiger partial charge in [-0.25, -0.2) is 0 Å². The lowest BCUT2D eigenvalue weighted by molar-refractivity contribution is 0.0933. The SMILES string of the molecule is COc1ccc(-c2cc(C(=O)NC[C@H](c3ccc(OC)cc3)N(C)C)no2)cc1. The average molecular weight is 395 g/mol. The fraction of sp³-hybridized carbons (Fsp3) is 0.273. The van der Waals surface area contributed by atoms with Crippen molar-refractivity contribution in [1.29, 1.82) is 0 Å². The van der Waals surface area contributed by atoms with Crippen molar-refractivity contribution in [3.8, 4) is 22.8 Å². The van der Waals surface area contributed by atoms with Gasteiger partial charge in [-0.3, -0.25) is 4.79 Å². The lowest BCUT2D eigenvalue weighted by atomic mass is 10.1. The Balaban J connectivity index is 1.66. The number of likely N-dealkylation sites (N-methyl/N-ethyl adjacent to an activating group) is 1. The number of hydrogen-bond acceptors (Lipinski definition) is 6. The van der Waals surface area contributed by atoms with Crippen molar-refractivity contribution < 1.29 is 18.8 Å². The first-order chi connectivity index (χ1) is 14.0. The zero-order chi connectivity index (χ0) is 20.8. The van der Waals surface area contributed by atoms with E-state index in [0.717, 1.165) is 22.6 Å². The number of methoxy groups -OCH3 is 2. The maximum atomic E-state index is 12.6. The monoisotopic (exact) mass is 395 g/mol. The van der Waals surface area contributed by atoms with Crippen LogP contribution in [0.15, 0.2) is 59.1 Å². The van der Waals surface area contributed by atoms with Gasteiger partial charge < -0.3 is 24.2 Å². The van der Waals surface area contributed by atoms with Gasteiger partial charge in [-0.05, 0) is 56.1 Å². The Bertz CT molecular complexity index is 933. The van der Waals surface area contributed by atoms with Crippen molar-refractivity contribution >= 4 is 5.91 Å². The van der Waals surface area contributed by atoms with E-state index in [2.05, 4.69) is 10.5 Å². The highest BCUT2D eigenvalue weighted by molar-refractivity contribution is 5.93. The summed E-state index contributed by atoms with van der Waals surface area (Å²) in [6.07, 6.45) is 0. The van der Waals surface area contributed by atoms with Crippen LogP contribution < -0.4 is 14.8 Å². The van der Waals surface area contributed by atoms with E-state index in [1.807, 2.05) is 67.5 Å². The average Bonchev–Trinajstić information content (AvgIpc) is 3.24. The van der Waals surface area contributed by atoms with Crippen LogP contribution in [0.2, 0.25) is 0 Å². The van der Waals surface area contributed by atoms with Crippen LogP contribution in [-0.4, -0.2) is 50.8 Å². The normalized spacial score (nSPS) is 11.9. The van der Waals surface area contributed by atoms with Crippen molar-refractivity contribution in [3.63, 3.8) is 0 Å². The van der Waals surface area contributed by atoms with E-state index in [1.54, 1.807) is 20.3 Å². The number of benzene rings is 2. The number of carbonyl (C=O) groups is 1. The van der Waals surface area contributed by atoms with E-state index >= 15 is 0 Å². The zero-order valence-corrected chi connectivity index (χ0v) is 17.0. The summed E-state index contributed by atoms with van der Waals surface area (Å²) in [5.41, 5.74) is 2.14.